The number of piperidine rings is 1. The van der Waals surface area contributed by atoms with Gasteiger partial charge in [-0.2, -0.15) is 0 Å². The largest absolute Gasteiger partial charge is 0.494 e. The van der Waals surface area contributed by atoms with Crippen molar-refractivity contribution in [3.05, 3.63) is 64.7 Å². The molecule has 0 bridgehead atoms. The van der Waals surface area contributed by atoms with Crippen LogP contribution in [-0.4, -0.2) is 88.4 Å². The minimum Gasteiger partial charge on any atom is -0.494 e. The van der Waals surface area contributed by atoms with Crippen LogP contribution in [0.15, 0.2) is 42.5 Å². The number of thioether (sulfide) groups is 1. The highest BCUT2D eigenvalue weighted by Crippen LogP contribution is 2.36. The second-order valence-electron chi connectivity index (χ2n) is 12.3. The number of aliphatic hydroxyl groups excluding tert-OH is 3. The van der Waals surface area contributed by atoms with Crippen LogP contribution in [0, 0.1) is 6.92 Å². The first kappa shape index (κ1) is 34.2. The van der Waals surface area contributed by atoms with Gasteiger partial charge in [0.05, 0.1) is 6.61 Å². The Morgan fingerprint density at radius 2 is 1.75 bits per heavy atom. The lowest BCUT2D eigenvalue weighted by Crippen LogP contribution is -2.57. The number of rotatable bonds is 12. The summed E-state index contributed by atoms with van der Waals surface area (Å²) in [5.41, 5.74) is 2.36. The second kappa shape index (κ2) is 15.6. The van der Waals surface area contributed by atoms with E-state index in [0.717, 1.165) is 48.2 Å². The molecular weight excluding hydrogens is 582 g/mol. The van der Waals surface area contributed by atoms with E-state index in [1.165, 1.54) is 11.8 Å². The van der Waals surface area contributed by atoms with Crippen molar-refractivity contribution in [2.75, 3.05) is 26.0 Å². The smallest absolute Gasteiger partial charge is 0.245 e. The Labute approximate surface area is 264 Å². The number of aryl methyl sites for hydroxylation is 1. The summed E-state index contributed by atoms with van der Waals surface area (Å²) in [5.74, 6) is 0.349. The molecule has 0 aromatic heterocycles. The van der Waals surface area contributed by atoms with E-state index in [9.17, 15) is 24.9 Å². The Balaban J connectivity index is 1.24. The van der Waals surface area contributed by atoms with Crippen molar-refractivity contribution in [1.29, 1.82) is 0 Å². The number of carbonyl (C=O) groups is 2. The standard InChI is InChI=1S/C33H47N3O7S/c1-20-7-10-22(30-28(39)27(38)29(40)31(43-30)44-4)19-23(20)18-21-8-11-25(12-9-21)42-17-5-6-26(37)36-33(2,3)32(41)35-24-13-15-34-16-14-24/h7-12,19,24,27-31,34,38-40H,5-6,13-18H2,1-4H3,(H,35,41)(H,36,37)/t27-,28-,29+,30+,31-/m1/s1. The van der Waals surface area contributed by atoms with Crippen LogP contribution in [0.2, 0.25) is 0 Å². The topological polar surface area (TPSA) is 149 Å². The lowest BCUT2D eigenvalue weighted by atomic mass is 9.91. The highest BCUT2D eigenvalue weighted by atomic mass is 32.2. The van der Waals surface area contributed by atoms with E-state index >= 15 is 0 Å². The van der Waals surface area contributed by atoms with Crippen LogP contribution in [0.3, 0.4) is 0 Å². The molecule has 2 fully saturated rings. The highest BCUT2D eigenvalue weighted by molar-refractivity contribution is 7.99. The van der Waals surface area contributed by atoms with Gasteiger partial charge in [0.2, 0.25) is 11.8 Å². The zero-order valence-electron chi connectivity index (χ0n) is 26.0. The van der Waals surface area contributed by atoms with Gasteiger partial charge in [-0.25, -0.2) is 0 Å². The van der Waals surface area contributed by atoms with Crippen LogP contribution in [0.5, 0.6) is 5.75 Å². The first-order valence-electron chi connectivity index (χ1n) is 15.3. The monoisotopic (exact) mass is 629 g/mol. The molecule has 0 saturated carbocycles. The molecule has 0 unspecified atom stereocenters. The van der Waals surface area contributed by atoms with Gasteiger partial charge in [0.25, 0.3) is 0 Å². The first-order chi connectivity index (χ1) is 21.0. The molecule has 242 valence electrons. The second-order valence-corrected chi connectivity index (χ2v) is 13.2. The summed E-state index contributed by atoms with van der Waals surface area (Å²) in [6.45, 7) is 7.61. The Morgan fingerprint density at radius 1 is 1.05 bits per heavy atom. The van der Waals surface area contributed by atoms with Gasteiger partial charge >= 0.3 is 0 Å². The maximum Gasteiger partial charge on any atom is 0.245 e. The molecule has 2 heterocycles. The molecule has 5 atom stereocenters. The van der Waals surface area contributed by atoms with E-state index in [2.05, 4.69) is 16.0 Å². The predicted octanol–water partition coefficient (Wildman–Crippen LogP) is 2.35. The summed E-state index contributed by atoms with van der Waals surface area (Å²) in [5, 5.41) is 40.3. The fraction of sp³-hybridized carbons (Fsp3) is 0.576. The molecule has 2 aromatic rings. The fourth-order valence-electron chi connectivity index (χ4n) is 5.52. The van der Waals surface area contributed by atoms with Crippen LogP contribution in [0.25, 0.3) is 0 Å². The van der Waals surface area contributed by atoms with Crippen molar-refractivity contribution < 1.29 is 34.4 Å². The van der Waals surface area contributed by atoms with Gasteiger partial charge in [-0.15, -0.1) is 11.8 Å². The predicted molar refractivity (Wildman–Crippen MR) is 171 cm³/mol. The van der Waals surface area contributed by atoms with E-state index < -0.39 is 35.4 Å². The van der Waals surface area contributed by atoms with Gasteiger partial charge in [0.1, 0.15) is 41.1 Å². The van der Waals surface area contributed by atoms with Crippen LogP contribution in [0.1, 0.15) is 67.9 Å². The molecule has 6 N–H and O–H groups in total. The van der Waals surface area contributed by atoms with E-state index in [-0.39, 0.29) is 24.3 Å². The van der Waals surface area contributed by atoms with Crippen molar-refractivity contribution in [3.63, 3.8) is 0 Å². The molecule has 2 aliphatic heterocycles. The van der Waals surface area contributed by atoms with Crippen LogP contribution in [-0.2, 0) is 20.7 Å². The number of amides is 2. The summed E-state index contributed by atoms with van der Waals surface area (Å²) in [7, 11) is 0. The van der Waals surface area contributed by atoms with Gasteiger partial charge in [-0.3, -0.25) is 9.59 Å². The third-order valence-electron chi connectivity index (χ3n) is 8.33. The SMILES string of the molecule is CS[C@H]1O[C@@H](c2ccc(C)c(Cc3ccc(OCCCC(=O)NC(C)(C)C(=O)NC4CCNCC4)cc3)c2)[C@H](O)[C@@H](O)[C@@H]1O. The van der Waals surface area contributed by atoms with Gasteiger partial charge in [0, 0.05) is 12.5 Å². The fourth-order valence-corrected chi connectivity index (χ4v) is 6.19. The van der Waals surface area contributed by atoms with Crippen LogP contribution >= 0.6 is 11.8 Å². The Morgan fingerprint density at radius 3 is 2.43 bits per heavy atom. The maximum absolute atomic E-state index is 12.7. The molecule has 10 nitrogen and oxygen atoms in total. The van der Waals surface area contributed by atoms with Crippen LogP contribution in [0.4, 0.5) is 0 Å². The minimum absolute atomic E-state index is 0.137. The molecule has 2 amide bonds. The lowest BCUT2D eigenvalue weighted by molar-refractivity contribution is -0.200. The van der Waals surface area contributed by atoms with E-state index in [1.807, 2.05) is 49.4 Å². The van der Waals surface area contributed by atoms with Crippen molar-refractivity contribution in [3.8, 4) is 5.75 Å². The molecule has 4 rings (SSSR count). The first-order valence-corrected chi connectivity index (χ1v) is 16.6. The zero-order valence-corrected chi connectivity index (χ0v) is 26.9. The van der Waals surface area contributed by atoms with Crippen molar-refractivity contribution in [1.82, 2.24) is 16.0 Å². The Hall–Kier alpha value is -2.67. The third-order valence-corrected chi connectivity index (χ3v) is 9.19. The zero-order chi connectivity index (χ0) is 31.9. The van der Waals surface area contributed by atoms with Gasteiger partial charge in [-0.05, 0) is 100 Å². The van der Waals surface area contributed by atoms with Gasteiger partial charge < -0.3 is 40.7 Å². The molecule has 2 aliphatic rings. The minimum atomic E-state index is -1.29. The van der Waals surface area contributed by atoms with Crippen molar-refractivity contribution in [2.24, 2.45) is 0 Å². The normalized spacial score (nSPS) is 24.5. The molecule has 44 heavy (non-hydrogen) atoms. The summed E-state index contributed by atoms with van der Waals surface area (Å²) in [6, 6.07) is 13.8. The molecule has 0 radical (unpaired) electrons. The molecule has 0 spiro atoms. The van der Waals surface area contributed by atoms with Gasteiger partial charge in [0.15, 0.2) is 0 Å². The molecule has 11 heteroatoms. The lowest BCUT2D eigenvalue weighted by Gasteiger charge is -2.40. The van der Waals surface area contributed by atoms with Gasteiger partial charge in [-0.1, -0.05) is 30.3 Å². The summed E-state index contributed by atoms with van der Waals surface area (Å²) in [4.78, 5) is 25.2. The molecule has 2 saturated heterocycles. The Kier molecular flexibility index (Phi) is 12.1. The van der Waals surface area contributed by atoms with E-state index in [1.54, 1.807) is 20.1 Å². The van der Waals surface area contributed by atoms with Crippen LogP contribution < -0.4 is 20.7 Å². The third kappa shape index (κ3) is 8.95. The number of ether oxygens (including phenoxy) is 2. The number of hydrogen-bond acceptors (Lipinski definition) is 9. The quantitative estimate of drug-likeness (QED) is 0.195. The Bertz CT molecular complexity index is 1250. The molecule has 0 aliphatic carbocycles. The summed E-state index contributed by atoms with van der Waals surface area (Å²) in [6.07, 6.45) is 0.564. The van der Waals surface area contributed by atoms with Crippen molar-refractivity contribution >= 4 is 23.6 Å². The molecule has 2 aromatic carbocycles. The van der Waals surface area contributed by atoms with Crippen molar-refractivity contribution in [2.45, 2.75) is 94.3 Å². The average molecular weight is 630 g/mol. The number of benzene rings is 2. The highest BCUT2D eigenvalue weighted by Gasteiger charge is 2.44. The molecular formula is C33H47N3O7S. The maximum atomic E-state index is 12.7. The van der Waals surface area contributed by atoms with E-state index in [4.69, 9.17) is 9.47 Å². The average Bonchev–Trinajstić information content (AvgIpc) is 3.00. The number of nitrogens with one attached hydrogen (secondary N) is 3. The number of aliphatic hydroxyl groups is 3. The van der Waals surface area contributed by atoms with E-state index in [0.29, 0.717) is 25.2 Å². The number of carbonyl (C=O) groups excluding carboxylic acids is 2. The summed E-state index contributed by atoms with van der Waals surface area (Å²) >= 11 is 1.29. The summed E-state index contributed by atoms with van der Waals surface area (Å²) < 4.78 is 11.8. The number of hydrogen-bond donors (Lipinski definition) is 6.